The lowest BCUT2D eigenvalue weighted by atomic mass is 9.97. The topological polar surface area (TPSA) is 61.4 Å². The number of hydrazine groups is 1. The molecule has 0 aromatic rings. The summed E-state index contributed by atoms with van der Waals surface area (Å²) in [5.41, 5.74) is 2.99. The van der Waals surface area contributed by atoms with Crippen LogP contribution in [0, 0.1) is 5.41 Å². The van der Waals surface area contributed by atoms with E-state index in [0.29, 0.717) is 6.54 Å². The average Bonchev–Trinajstić information content (AvgIpc) is 2.24. The van der Waals surface area contributed by atoms with Crippen LogP contribution in [0.1, 0.15) is 20.8 Å². The number of nitrogens with zero attached hydrogens (tertiary/aromatic N) is 1. The second-order valence-corrected chi connectivity index (χ2v) is 4.34. The molecule has 5 heteroatoms. The zero-order valence-corrected chi connectivity index (χ0v) is 8.18. The van der Waals surface area contributed by atoms with Gasteiger partial charge in [-0.15, -0.1) is 0 Å². The first-order valence-electron chi connectivity index (χ1n) is 4.23. The number of hydrogen-bond acceptors (Lipinski definition) is 3. The third-order valence-corrected chi connectivity index (χ3v) is 1.59. The highest BCUT2D eigenvalue weighted by atomic mass is 16.2. The Morgan fingerprint density at radius 2 is 2.08 bits per heavy atom. The largest absolute Gasteiger partial charge is 0.338 e. The molecule has 0 spiro atoms. The fourth-order valence-corrected chi connectivity index (χ4v) is 0.902. The zero-order valence-electron chi connectivity index (χ0n) is 8.18. The van der Waals surface area contributed by atoms with E-state index < -0.39 is 0 Å². The maximum absolute atomic E-state index is 11.0. The second-order valence-electron chi connectivity index (χ2n) is 4.34. The Balaban J connectivity index is 2.38. The van der Waals surface area contributed by atoms with Crippen LogP contribution in [0.3, 0.4) is 0 Å². The molecule has 0 saturated carbocycles. The van der Waals surface area contributed by atoms with E-state index in [1.807, 2.05) is 0 Å². The van der Waals surface area contributed by atoms with E-state index in [0.717, 1.165) is 0 Å². The van der Waals surface area contributed by atoms with Crippen LogP contribution in [-0.2, 0) is 4.79 Å². The van der Waals surface area contributed by atoms with Gasteiger partial charge < -0.3 is 0 Å². The summed E-state index contributed by atoms with van der Waals surface area (Å²) in [5, 5.41) is 3.49. The number of imide groups is 1. The van der Waals surface area contributed by atoms with Gasteiger partial charge >= 0.3 is 6.03 Å². The number of urea groups is 1. The number of hydrogen-bond donors (Lipinski definition) is 2. The second kappa shape index (κ2) is 3.33. The van der Waals surface area contributed by atoms with Crippen LogP contribution in [0.4, 0.5) is 4.79 Å². The lowest BCUT2D eigenvalue weighted by Gasteiger charge is -2.23. The van der Waals surface area contributed by atoms with E-state index in [4.69, 9.17) is 0 Å². The molecule has 13 heavy (non-hydrogen) atoms. The van der Waals surface area contributed by atoms with E-state index in [1.54, 1.807) is 0 Å². The van der Waals surface area contributed by atoms with Crippen LogP contribution in [0.15, 0.2) is 0 Å². The van der Waals surface area contributed by atoms with Gasteiger partial charge in [-0.3, -0.25) is 10.1 Å². The third kappa shape index (κ3) is 3.02. The summed E-state index contributed by atoms with van der Waals surface area (Å²) in [6, 6.07) is -0.366. The van der Waals surface area contributed by atoms with Gasteiger partial charge in [-0.1, -0.05) is 20.8 Å². The van der Waals surface area contributed by atoms with Crippen molar-refractivity contribution in [1.29, 1.82) is 0 Å². The molecule has 74 valence electrons. The lowest BCUT2D eigenvalue weighted by molar-refractivity contribution is -0.118. The summed E-state index contributed by atoms with van der Waals surface area (Å²) >= 11 is 0. The summed E-state index contributed by atoms with van der Waals surface area (Å²) in [6.45, 7) is 6.92. The van der Waals surface area contributed by atoms with Gasteiger partial charge in [0.1, 0.15) is 6.54 Å². The molecule has 0 radical (unpaired) electrons. The minimum Gasteiger partial charge on any atom is -0.275 e. The molecule has 0 unspecified atom stereocenters. The quantitative estimate of drug-likeness (QED) is 0.599. The SMILES string of the molecule is CC(C)(C)CNN1CC(=O)NC1=O. The van der Waals surface area contributed by atoms with Crippen molar-refractivity contribution in [1.82, 2.24) is 15.8 Å². The highest BCUT2D eigenvalue weighted by Crippen LogP contribution is 2.10. The molecular weight excluding hydrogens is 170 g/mol. The predicted molar refractivity (Wildman–Crippen MR) is 47.7 cm³/mol. The molecule has 3 amide bonds. The van der Waals surface area contributed by atoms with Crippen molar-refractivity contribution >= 4 is 11.9 Å². The van der Waals surface area contributed by atoms with Gasteiger partial charge in [0.2, 0.25) is 5.91 Å². The van der Waals surface area contributed by atoms with Crippen molar-refractivity contribution in [2.45, 2.75) is 20.8 Å². The van der Waals surface area contributed by atoms with Crippen LogP contribution in [-0.4, -0.2) is 30.0 Å². The molecule has 1 fully saturated rings. The Bertz CT molecular complexity index is 232. The first-order chi connectivity index (χ1) is 5.88. The number of nitrogens with one attached hydrogen (secondary N) is 2. The van der Waals surface area contributed by atoms with Crippen LogP contribution >= 0.6 is 0 Å². The molecule has 1 aliphatic heterocycles. The molecule has 0 atom stereocenters. The Kier molecular flexibility index (Phi) is 2.56. The molecule has 1 saturated heterocycles. The molecule has 0 aliphatic carbocycles. The van der Waals surface area contributed by atoms with Gasteiger partial charge in [-0.2, -0.15) is 0 Å². The monoisotopic (exact) mass is 185 g/mol. The third-order valence-electron chi connectivity index (χ3n) is 1.59. The van der Waals surface area contributed by atoms with Crippen LogP contribution in [0.5, 0.6) is 0 Å². The zero-order chi connectivity index (χ0) is 10.1. The fraction of sp³-hybridized carbons (Fsp3) is 0.750. The minimum absolute atomic E-state index is 0.0892. The van der Waals surface area contributed by atoms with Crippen molar-refractivity contribution in [3.05, 3.63) is 0 Å². The highest BCUT2D eigenvalue weighted by Gasteiger charge is 2.27. The number of carbonyl (C=O) groups excluding carboxylic acids is 2. The maximum atomic E-state index is 11.0. The predicted octanol–water partition coefficient (Wildman–Crippen LogP) is 0.0889. The van der Waals surface area contributed by atoms with E-state index in [9.17, 15) is 9.59 Å². The maximum Gasteiger partial charge on any atom is 0.338 e. The molecule has 2 N–H and O–H groups in total. The van der Waals surface area contributed by atoms with E-state index in [1.165, 1.54) is 5.01 Å². The normalized spacial score (nSPS) is 17.9. The standard InChI is InChI=1S/C8H15N3O2/c1-8(2,3)5-9-11-4-6(12)10-7(11)13/h9H,4-5H2,1-3H3,(H,10,12,13). The highest BCUT2D eigenvalue weighted by molar-refractivity contribution is 6.01. The summed E-state index contributed by atoms with van der Waals surface area (Å²) < 4.78 is 0. The van der Waals surface area contributed by atoms with Crippen molar-refractivity contribution in [2.75, 3.05) is 13.1 Å². The van der Waals surface area contributed by atoms with Crippen molar-refractivity contribution in [2.24, 2.45) is 5.41 Å². The molecule has 1 rings (SSSR count). The molecule has 0 aromatic heterocycles. The Morgan fingerprint density at radius 1 is 1.46 bits per heavy atom. The minimum atomic E-state index is -0.366. The Labute approximate surface area is 77.4 Å². The summed E-state index contributed by atoms with van der Waals surface area (Å²) in [4.78, 5) is 21.8. The van der Waals surface area contributed by atoms with Gasteiger partial charge in [0.05, 0.1) is 0 Å². The summed E-state index contributed by atoms with van der Waals surface area (Å²) in [6.07, 6.45) is 0. The van der Waals surface area contributed by atoms with E-state index in [2.05, 4.69) is 31.5 Å². The number of amides is 3. The Morgan fingerprint density at radius 3 is 2.46 bits per heavy atom. The van der Waals surface area contributed by atoms with Crippen molar-refractivity contribution in [3.63, 3.8) is 0 Å². The first-order valence-corrected chi connectivity index (χ1v) is 4.23. The van der Waals surface area contributed by atoms with Gasteiger partial charge in [-0.05, 0) is 5.41 Å². The summed E-state index contributed by atoms with van der Waals surface area (Å²) in [7, 11) is 0. The van der Waals surface area contributed by atoms with Crippen LogP contribution in [0.2, 0.25) is 0 Å². The van der Waals surface area contributed by atoms with E-state index >= 15 is 0 Å². The first kappa shape index (κ1) is 9.98. The molecule has 1 heterocycles. The molecule has 0 bridgehead atoms. The smallest absolute Gasteiger partial charge is 0.275 e. The molecule has 1 aliphatic rings. The van der Waals surface area contributed by atoms with Gasteiger partial charge in [0.15, 0.2) is 0 Å². The average molecular weight is 185 g/mol. The van der Waals surface area contributed by atoms with Gasteiger partial charge in [0, 0.05) is 6.54 Å². The van der Waals surface area contributed by atoms with Crippen molar-refractivity contribution < 1.29 is 9.59 Å². The van der Waals surface area contributed by atoms with Crippen LogP contribution < -0.4 is 10.7 Å². The Hall–Kier alpha value is -1.10. The van der Waals surface area contributed by atoms with Gasteiger partial charge in [-0.25, -0.2) is 15.2 Å². The van der Waals surface area contributed by atoms with E-state index in [-0.39, 0.29) is 23.9 Å². The lowest BCUT2D eigenvalue weighted by Crippen LogP contribution is -2.44. The summed E-state index contributed by atoms with van der Waals surface area (Å²) in [5.74, 6) is -0.258. The van der Waals surface area contributed by atoms with Crippen LogP contribution in [0.25, 0.3) is 0 Å². The number of rotatable bonds is 2. The molecular formula is C8H15N3O2. The number of carbonyl (C=O) groups is 2. The molecule has 5 nitrogen and oxygen atoms in total. The van der Waals surface area contributed by atoms with Gasteiger partial charge in [0.25, 0.3) is 0 Å². The molecule has 0 aromatic carbocycles. The fourth-order valence-electron chi connectivity index (χ4n) is 0.902. The van der Waals surface area contributed by atoms with Crippen molar-refractivity contribution in [3.8, 4) is 0 Å².